The van der Waals surface area contributed by atoms with E-state index in [2.05, 4.69) is 15.3 Å². The maximum absolute atomic E-state index is 13.0. The van der Waals surface area contributed by atoms with E-state index in [0.29, 0.717) is 6.54 Å². The van der Waals surface area contributed by atoms with Gasteiger partial charge in [0.25, 0.3) is 0 Å². The smallest absolute Gasteiger partial charge is 0.233 e. The molecule has 0 spiro atoms. The van der Waals surface area contributed by atoms with E-state index in [9.17, 15) is 9.18 Å². The summed E-state index contributed by atoms with van der Waals surface area (Å²) in [6.07, 6.45) is 3.37. The Morgan fingerprint density at radius 1 is 1.30 bits per heavy atom. The highest BCUT2D eigenvalue weighted by Crippen LogP contribution is 2.41. The van der Waals surface area contributed by atoms with Gasteiger partial charge in [-0.05, 0) is 56.4 Å². The number of benzene rings is 1. The summed E-state index contributed by atoms with van der Waals surface area (Å²) < 4.78 is 13.0. The van der Waals surface area contributed by atoms with Gasteiger partial charge in [-0.3, -0.25) is 4.79 Å². The number of nitrogens with one attached hydrogen (secondary N) is 1. The number of aryl methyl sites for hydroxylation is 3. The summed E-state index contributed by atoms with van der Waals surface area (Å²) in [7, 11) is 0. The molecule has 140 valence electrons. The predicted molar refractivity (Wildman–Crippen MR) is 108 cm³/mol. The first kappa shape index (κ1) is 18.4. The van der Waals surface area contributed by atoms with Crippen LogP contribution in [-0.4, -0.2) is 21.1 Å². The van der Waals surface area contributed by atoms with Gasteiger partial charge in [0.1, 0.15) is 21.5 Å². The molecule has 0 aliphatic heterocycles. The standard InChI is InChI=1S/C20H20FN3OS2/c1-11(18(25)22-10-13-6-8-14(21)9-7-13)26-19-17-15-4-3-5-16(15)27-20(17)24-12(2)23-19/h6-9,11H,3-5,10H2,1-2H3,(H,22,25)/t11-/m0/s1. The topological polar surface area (TPSA) is 54.9 Å². The third kappa shape index (κ3) is 3.84. The number of fused-ring (bicyclic) bond motifs is 3. The number of hydrogen-bond acceptors (Lipinski definition) is 5. The number of hydrogen-bond donors (Lipinski definition) is 1. The molecular weight excluding hydrogens is 381 g/mol. The van der Waals surface area contributed by atoms with E-state index in [1.165, 1.54) is 40.8 Å². The van der Waals surface area contributed by atoms with Crippen LogP contribution in [-0.2, 0) is 24.2 Å². The summed E-state index contributed by atoms with van der Waals surface area (Å²) in [6.45, 7) is 4.17. The molecule has 1 aliphatic rings. The third-order valence-corrected chi connectivity index (χ3v) is 6.95. The second kappa shape index (κ2) is 7.56. The van der Waals surface area contributed by atoms with Gasteiger partial charge >= 0.3 is 0 Å². The molecule has 0 saturated heterocycles. The van der Waals surface area contributed by atoms with Crippen LogP contribution < -0.4 is 5.32 Å². The van der Waals surface area contributed by atoms with Gasteiger partial charge in [-0.2, -0.15) is 0 Å². The minimum Gasteiger partial charge on any atom is -0.351 e. The molecule has 0 radical (unpaired) electrons. The molecule has 1 aromatic carbocycles. The van der Waals surface area contributed by atoms with Crippen LogP contribution in [0.4, 0.5) is 4.39 Å². The Balaban J connectivity index is 1.49. The molecule has 4 nitrogen and oxygen atoms in total. The van der Waals surface area contributed by atoms with Crippen molar-refractivity contribution >= 4 is 39.2 Å². The summed E-state index contributed by atoms with van der Waals surface area (Å²) in [4.78, 5) is 24.2. The number of nitrogens with zero attached hydrogens (tertiary/aromatic N) is 2. The molecule has 2 heterocycles. The zero-order chi connectivity index (χ0) is 19.0. The summed E-state index contributed by atoms with van der Waals surface area (Å²) in [5.41, 5.74) is 2.24. The summed E-state index contributed by atoms with van der Waals surface area (Å²) in [5.74, 6) is 0.407. The van der Waals surface area contributed by atoms with Crippen molar-refractivity contribution in [2.75, 3.05) is 0 Å². The Bertz CT molecular complexity index is 1000. The van der Waals surface area contributed by atoms with E-state index in [0.717, 1.165) is 39.5 Å². The van der Waals surface area contributed by atoms with Crippen molar-refractivity contribution in [3.63, 3.8) is 0 Å². The van der Waals surface area contributed by atoms with E-state index in [1.807, 2.05) is 13.8 Å². The Labute approximate surface area is 165 Å². The van der Waals surface area contributed by atoms with Crippen LogP contribution in [0.5, 0.6) is 0 Å². The van der Waals surface area contributed by atoms with Gasteiger partial charge in [0.2, 0.25) is 5.91 Å². The predicted octanol–water partition coefficient (Wildman–Crippen LogP) is 4.42. The number of halogens is 1. The monoisotopic (exact) mass is 401 g/mol. The lowest BCUT2D eigenvalue weighted by molar-refractivity contribution is -0.120. The molecule has 0 unspecified atom stereocenters. The number of thiophene rings is 1. The molecule has 0 fully saturated rings. The third-order valence-electron chi connectivity index (χ3n) is 4.68. The number of amides is 1. The molecule has 2 aromatic heterocycles. The quantitative estimate of drug-likeness (QED) is 0.508. The van der Waals surface area contributed by atoms with Crippen LogP contribution in [0.3, 0.4) is 0 Å². The fourth-order valence-electron chi connectivity index (χ4n) is 3.31. The largest absolute Gasteiger partial charge is 0.351 e. The molecular formula is C20H20FN3OS2. The summed E-state index contributed by atoms with van der Waals surface area (Å²) in [6, 6.07) is 6.16. The van der Waals surface area contributed by atoms with Crippen molar-refractivity contribution < 1.29 is 9.18 Å². The minimum atomic E-state index is -0.278. The SMILES string of the molecule is Cc1nc(S[C@@H](C)C(=O)NCc2ccc(F)cc2)c2c3c(sc2n1)CCC3. The first-order chi connectivity index (χ1) is 13.0. The molecule has 27 heavy (non-hydrogen) atoms. The molecule has 1 N–H and O–H groups in total. The van der Waals surface area contributed by atoms with Gasteiger partial charge in [0.05, 0.1) is 5.25 Å². The van der Waals surface area contributed by atoms with Gasteiger partial charge in [0, 0.05) is 16.8 Å². The van der Waals surface area contributed by atoms with Gasteiger partial charge < -0.3 is 5.32 Å². The van der Waals surface area contributed by atoms with Gasteiger partial charge in [0.15, 0.2) is 0 Å². The van der Waals surface area contributed by atoms with Crippen LogP contribution in [0.1, 0.15) is 35.2 Å². The van der Waals surface area contributed by atoms with Crippen LogP contribution >= 0.6 is 23.1 Å². The molecule has 1 atom stereocenters. The molecule has 1 amide bonds. The average molecular weight is 402 g/mol. The number of carbonyl (C=O) groups is 1. The van der Waals surface area contributed by atoms with Crippen LogP contribution in [0.25, 0.3) is 10.2 Å². The second-order valence-corrected chi connectivity index (χ2v) is 9.13. The van der Waals surface area contributed by atoms with Crippen LogP contribution in [0.15, 0.2) is 29.3 Å². The number of rotatable bonds is 5. The highest BCUT2D eigenvalue weighted by Gasteiger charge is 2.24. The lowest BCUT2D eigenvalue weighted by atomic mass is 10.2. The molecule has 0 saturated carbocycles. The van der Waals surface area contributed by atoms with Gasteiger partial charge in [-0.15, -0.1) is 11.3 Å². The first-order valence-corrected chi connectivity index (χ1v) is 10.7. The van der Waals surface area contributed by atoms with Crippen molar-refractivity contribution in [2.24, 2.45) is 0 Å². The van der Waals surface area contributed by atoms with E-state index in [1.54, 1.807) is 23.5 Å². The van der Waals surface area contributed by atoms with Crippen molar-refractivity contribution in [1.82, 2.24) is 15.3 Å². The lowest BCUT2D eigenvalue weighted by Gasteiger charge is -2.13. The maximum atomic E-state index is 13.0. The van der Waals surface area contributed by atoms with Gasteiger partial charge in [-0.1, -0.05) is 23.9 Å². The van der Waals surface area contributed by atoms with E-state index >= 15 is 0 Å². The van der Waals surface area contributed by atoms with Crippen LogP contribution in [0.2, 0.25) is 0 Å². The van der Waals surface area contributed by atoms with E-state index in [-0.39, 0.29) is 17.0 Å². The minimum absolute atomic E-state index is 0.0550. The molecule has 1 aliphatic carbocycles. The van der Waals surface area contributed by atoms with Gasteiger partial charge in [-0.25, -0.2) is 14.4 Å². The summed E-state index contributed by atoms with van der Waals surface area (Å²) >= 11 is 3.25. The Hall–Kier alpha value is -1.99. The fourth-order valence-corrected chi connectivity index (χ4v) is 5.72. The Morgan fingerprint density at radius 2 is 2.07 bits per heavy atom. The number of carbonyl (C=O) groups excluding carboxylic acids is 1. The van der Waals surface area contributed by atoms with Crippen molar-refractivity contribution in [3.05, 3.63) is 51.9 Å². The zero-order valence-corrected chi connectivity index (χ0v) is 16.8. The van der Waals surface area contributed by atoms with Crippen molar-refractivity contribution in [2.45, 2.75) is 49.9 Å². The number of aromatic nitrogens is 2. The zero-order valence-electron chi connectivity index (χ0n) is 15.2. The molecule has 0 bridgehead atoms. The molecule has 4 rings (SSSR count). The lowest BCUT2D eigenvalue weighted by Crippen LogP contribution is -2.30. The fraction of sp³-hybridized carbons (Fsp3) is 0.350. The number of thioether (sulfide) groups is 1. The normalized spacial score (nSPS) is 14.3. The Morgan fingerprint density at radius 3 is 2.85 bits per heavy atom. The maximum Gasteiger partial charge on any atom is 0.233 e. The second-order valence-electron chi connectivity index (χ2n) is 6.72. The Kier molecular flexibility index (Phi) is 5.14. The van der Waals surface area contributed by atoms with E-state index in [4.69, 9.17) is 0 Å². The molecule has 3 aromatic rings. The van der Waals surface area contributed by atoms with Crippen molar-refractivity contribution in [1.29, 1.82) is 0 Å². The highest BCUT2D eigenvalue weighted by atomic mass is 32.2. The first-order valence-electron chi connectivity index (χ1n) is 8.99. The molecule has 7 heteroatoms. The van der Waals surface area contributed by atoms with Crippen LogP contribution in [0, 0.1) is 12.7 Å². The summed E-state index contributed by atoms with van der Waals surface area (Å²) in [5, 5.41) is 4.69. The average Bonchev–Trinajstić information content (AvgIpc) is 3.21. The van der Waals surface area contributed by atoms with Crippen molar-refractivity contribution in [3.8, 4) is 0 Å². The van der Waals surface area contributed by atoms with E-state index < -0.39 is 0 Å². The highest BCUT2D eigenvalue weighted by molar-refractivity contribution is 8.00.